The summed E-state index contributed by atoms with van der Waals surface area (Å²) < 4.78 is 24.3. The maximum Gasteiger partial charge on any atom is 0.208 e. The summed E-state index contributed by atoms with van der Waals surface area (Å²) in [5.74, 6) is 0.778. The standard InChI is InChI=1S/C13H28N2O2S/c1-11-8-12(10-13(2,3)9-11)14-6-5-7-15-18(4,16)17/h11-12,14-15H,5-10H2,1-4H3. The Morgan fingerprint density at radius 1 is 1.22 bits per heavy atom. The molecule has 1 fully saturated rings. The molecule has 2 N–H and O–H groups in total. The van der Waals surface area contributed by atoms with Crippen molar-refractivity contribution in [3.05, 3.63) is 0 Å². The van der Waals surface area contributed by atoms with E-state index < -0.39 is 10.0 Å². The molecule has 1 aliphatic carbocycles. The van der Waals surface area contributed by atoms with Crippen LogP contribution in [0.2, 0.25) is 0 Å². The first-order valence-electron chi connectivity index (χ1n) is 6.86. The maximum absolute atomic E-state index is 10.9. The van der Waals surface area contributed by atoms with Crippen LogP contribution >= 0.6 is 0 Å². The highest BCUT2D eigenvalue weighted by atomic mass is 32.2. The lowest BCUT2D eigenvalue weighted by Gasteiger charge is -2.39. The third-order valence-electron chi connectivity index (χ3n) is 3.54. The molecule has 0 radical (unpaired) electrons. The van der Waals surface area contributed by atoms with Gasteiger partial charge in [0, 0.05) is 12.6 Å². The molecule has 0 aliphatic heterocycles. The fourth-order valence-electron chi connectivity index (χ4n) is 3.15. The maximum atomic E-state index is 10.9. The molecule has 0 saturated heterocycles. The van der Waals surface area contributed by atoms with Gasteiger partial charge in [-0.25, -0.2) is 13.1 Å². The quantitative estimate of drug-likeness (QED) is 0.726. The second-order valence-electron chi connectivity index (χ2n) is 6.58. The van der Waals surface area contributed by atoms with Crippen molar-refractivity contribution in [3.8, 4) is 0 Å². The molecule has 4 nitrogen and oxygen atoms in total. The molecule has 2 atom stereocenters. The largest absolute Gasteiger partial charge is 0.314 e. The van der Waals surface area contributed by atoms with Crippen molar-refractivity contribution in [2.24, 2.45) is 11.3 Å². The fraction of sp³-hybridized carbons (Fsp3) is 1.00. The van der Waals surface area contributed by atoms with Gasteiger partial charge >= 0.3 is 0 Å². The van der Waals surface area contributed by atoms with Gasteiger partial charge in [-0.2, -0.15) is 0 Å². The first-order valence-corrected chi connectivity index (χ1v) is 8.75. The molecule has 1 aliphatic rings. The molecule has 0 aromatic rings. The van der Waals surface area contributed by atoms with E-state index in [4.69, 9.17) is 0 Å². The molecule has 0 amide bonds. The molecule has 1 saturated carbocycles. The summed E-state index contributed by atoms with van der Waals surface area (Å²) in [5.41, 5.74) is 0.431. The van der Waals surface area contributed by atoms with Gasteiger partial charge in [0.15, 0.2) is 0 Å². The van der Waals surface area contributed by atoms with Crippen LogP contribution in [0.3, 0.4) is 0 Å². The summed E-state index contributed by atoms with van der Waals surface area (Å²) >= 11 is 0. The van der Waals surface area contributed by atoms with Gasteiger partial charge in [0.2, 0.25) is 10.0 Å². The highest BCUT2D eigenvalue weighted by Crippen LogP contribution is 2.38. The number of hydrogen-bond acceptors (Lipinski definition) is 3. The van der Waals surface area contributed by atoms with Crippen molar-refractivity contribution in [3.63, 3.8) is 0 Å². The Hall–Kier alpha value is -0.130. The minimum atomic E-state index is -3.03. The van der Waals surface area contributed by atoms with Crippen LogP contribution < -0.4 is 10.0 Å². The molecule has 5 heteroatoms. The van der Waals surface area contributed by atoms with Crippen molar-refractivity contribution < 1.29 is 8.42 Å². The van der Waals surface area contributed by atoms with Crippen molar-refractivity contribution in [2.75, 3.05) is 19.3 Å². The van der Waals surface area contributed by atoms with Gasteiger partial charge in [0.1, 0.15) is 0 Å². The molecule has 0 heterocycles. The summed E-state index contributed by atoms with van der Waals surface area (Å²) in [5, 5.41) is 3.56. The fourth-order valence-corrected chi connectivity index (χ4v) is 3.67. The summed E-state index contributed by atoms with van der Waals surface area (Å²) in [4.78, 5) is 0. The topological polar surface area (TPSA) is 58.2 Å². The molecule has 0 spiro atoms. The smallest absolute Gasteiger partial charge is 0.208 e. The summed E-state index contributed by atoms with van der Waals surface area (Å²) in [6.07, 6.45) is 5.81. The monoisotopic (exact) mass is 276 g/mol. The van der Waals surface area contributed by atoms with Gasteiger partial charge in [-0.3, -0.25) is 0 Å². The minimum absolute atomic E-state index is 0.431. The Kier molecular flexibility index (Phi) is 5.62. The minimum Gasteiger partial charge on any atom is -0.314 e. The van der Waals surface area contributed by atoms with Crippen LogP contribution in [0.1, 0.15) is 46.5 Å². The number of hydrogen-bond donors (Lipinski definition) is 2. The van der Waals surface area contributed by atoms with Gasteiger partial charge < -0.3 is 5.32 Å². The van der Waals surface area contributed by atoms with E-state index in [1.54, 1.807) is 0 Å². The lowest BCUT2D eigenvalue weighted by Crippen LogP contribution is -2.41. The summed E-state index contributed by atoms with van der Waals surface area (Å²) in [6.45, 7) is 8.40. The van der Waals surface area contributed by atoms with E-state index in [1.165, 1.54) is 25.5 Å². The van der Waals surface area contributed by atoms with Crippen molar-refractivity contribution in [1.29, 1.82) is 0 Å². The van der Waals surface area contributed by atoms with Crippen molar-refractivity contribution in [1.82, 2.24) is 10.0 Å². The second kappa shape index (κ2) is 6.35. The third-order valence-corrected chi connectivity index (χ3v) is 4.27. The normalized spacial score (nSPS) is 28.2. The summed E-state index contributed by atoms with van der Waals surface area (Å²) in [7, 11) is -3.03. The molecule has 2 unspecified atom stereocenters. The van der Waals surface area contributed by atoms with Crippen LogP contribution in [0.25, 0.3) is 0 Å². The van der Waals surface area contributed by atoms with E-state index in [0.717, 1.165) is 18.9 Å². The molecular formula is C13H28N2O2S. The van der Waals surface area contributed by atoms with Crippen LogP contribution in [0.15, 0.2) is 0 Å². The lowest BCUT2D eigenvalue weighted by molar-refractivity contribution is 0.151. The number of nitrogens with one attached hydrogen (secondary N) is 2. The van der Waals surface area contributed by atoms with Crippen molar-refractivity contribution in [2.45, 2.75) is 52.5 Å². The Bertz CT molecular complexity index is 352. The van der Waals surface area contributed by atoms with Crippen LogP contribution in [0.5, 0.6) is 0 Å². The molecule has 0 aromatic heterocycles. The number of rotatable bonds is 6. The average molecular weight is 276 g/mol. The SMILES string of the molecule is CC1CC(NCCCNS(C)(=O)=O)CC(C)(C)C1. The third kappa shape index (κ3) is 6.71. The van der Waals surface area contributed by atoms with E-state index in [0.29, 0.717) is 18.0 Å². The first kappa shape index (κ1) is 15.9. The zero-order chi connectivity index (χ0) is 13.8. The van der Waals surface area contributed by atoms with E-state index in [-0.39, 0.29) is 0 Å². The zero-order valence-corrected chi connectivity index (χ0v) is 12.9. The zero-order valence-electron chi connectivity index (χ0n) is 12.1. The van der Waals surface area contributed by atoms with Crippen molar-refractivity contribution >= 4 is 10.0 Å². The van der Waals surface area contributed by atoms with Gasteiger partial charge in [0.05, 0.1) is 6.26 Å². The molecule has 0 bridgehead atoms. The van der Waals surface area contributed by atoms with Gasteiger partial charge in [-0.15, -0.1) is 0 Å². The highest BCUT2D eigenvalue weighted by molar-refractivity contribution is 7.88. The van der Waals surface area contributed by atoms with E-state index in [9.17, 15) is 8.42 Å². The average Bonchev–Trinajstić information content (AvgIpc) is 2.11. The molecule has 1 rings (SSSR count). The lowest BCUT2D eigenvalue weighted by atomic mass is 9.70. The Morgan fingerprint density at radius 3 is 2.44 bits per heavy atom. The Balaban J connectivity index is 2.19. The Labute approximate surface area is 112 Å². The van der Waals surface area contributed by atoms with Gasteiger partial charge in [-0.1, -0.05) is 20.8 Å². The van der Waals surface area contributed by atoms with Gasteiger partial charge in [-0.05, 0) is 43.6 Å². The van der Waals surface area contributed by atoms with Crippen LogP contribution in [-0.2, 0) is 10.0 Å². The highest BCUT2D eigenvalue weighted by Gasteiger charge is 2.31. The first-order chi connectivity index (χ1) is 8.18. The number of sulfonamides is 1. The van der Waals surface area contributed by atoms with Crippen LogP contribution in [0, 0.1) is 11.3 Å². The molecule has 108 valence electrons. The predicted molar refractivity (Wildman–Crippen MR) is 76.1 cm³/mol. The molecule has 18 heavy (non-hydrogen) atoms. The van der Waals surface area contributed by atoms with Gasteiger partial charge in [0.25, 0.3) is 0 Å². The summed E-state index contributed by atoms with van der Waals surface area (Å²) in [6, 6.07) is 0.585. The van der Waals surface area contributed by atoms with Crippen LogP contribution in [-0.4, -0.2) is 33.8 Å². The van der Waals surface area contributed by atoms with Crippen LogP contribution in [0.4, 0.5) is 0 Å². The predicted octanol–water partition coefficient (Wildman–Crippen LogP) is 1.73. The van der Waals surface area contributed by atoms with E-state index in [2.05, 4.69) is 30.8 Å². The molecular weight excluding hydrogens is 248 g/mol. The van der Waals surface area contributed by atoms with E-state index in [1.807, 2.05) is 0 Å². The Morgan fingerprint density at radius 2 is 1.89 bits per heavy atom. The molecule has 0 aromatic carbocycles. The second-order valence-corrected chi connectivity index (χ2v) is 8.42. The van der Waals surface area contributed by atoms with E-state index >= 15 is 0 Å².